The van der Waals surface area contributed by atoms with Gasteiger partial charge in [0.15, 0.2) is 0 Å². The summed E-state index contributed by atoms with van der Waals surface area (Å²) in [5, 5.41) is 6.88. The van der Waals surface area contributed by atoms with E-state index in [9.17, 15) is 4.79 Å². The molecule has 1 unspecified atom stereocenters. The summed E-state index contributed by atoms with van der Waals surface area (Å²) in [6, 6.07) is 13.8. The van der Waals surface area contributed by atoms with Crippen molar-refractivity contribution in [2.45, 2.75) is 19.9 Å². The second-order valence-corrected chi connectivity index (χ2v) is 6.45. The van der Waals surface area contributed by atoms with E-state index in [0.717, 1.165) is 20.5 Å². The predicted octanol–water partition coefficient (Wildman–Crippen LogP) is 5.08. The average Bonchev–Trinajstić information content (AvgIpc) is 2.41. The second kappa shape index (κ2) is 7.13. The van der Waals surface area contributed by atoms with Gasteiger partial charge in [0.05, 0.1) is 10.7 Å². The Balaban J connectivity index is 2.16. The summed E-state index contributed by atoms with van der Waals surface area (Å²) in [6.07, 6.45) is 0. The van der Waals surface area contributed by atoms with Crippen LogP contribution in [0.4, 0.5) is 11.4 Å². The standard InChI is InChI=1S/C16H16ClIN2O/c1-10(19-16-7-6-13(18)9-15(16)17)12-4-3-5-14(8-12)20-11(2)21/h3-10,19H,1-2H3,(H,20,21). The zero-order valence-electron chi connectivity index (χ0n) is 11.8. The van der Waals surface area contributed by atoms with Crippen LogP contribution in [0.1, 0.15) is 25.5 Å². The van der Waals surface area contributed by atoms with Crippen LogP contribution in [0.15, 0.2) is 42.5 Å². The molecule has 2 aromatic carbocycles. The molecule has 2 N–H and O–H groups in total. The van der Waals surface area contributed by atoms with Gasteiger partial charge in [0.2, 0.25) is 5.91 Å². The van der Waals surface area contributed by atoms with Gasteiger partial charge in [0, 0.05) is 22.2 Å². The lowest BCUT2D eigenvalue weighted by atomic mass is 10.1. The normalized spacial score (nSPS) is 11.8. The van der Waals surface area contributed by atoms with E-state index in [1.54, 1.807) is 0 Å². The molecule has 0 fully saturated rings. The maximum Gasteiger partial charge on any atom is 0.221 e. The van der Waals surface area contributed by atoms with E-state index in [1.165, 1.54) is 6.92 Å². The van der Waals surface area contributed by atoms with E-state index in [2.05, 4.69) is 40.1 Å². The number of hydrogen-bond acceptors (Lipinski definition) is 2. The fraction of sp³-hybridized carbons (Fsp3) is 0.188. The zero-order valence-corrected chi connectivity index (χ0v) is 14.7. The van der Waals surface area contributed by atoms with Gasteiger partial charge in [-0.1, -0.05) is 23.7 Å². The van der Waals surface area contributed by atoms with Crippen LogP contribution < -0.4 is 10.6 Å². The van der Waals surface area contributed by atoms with Crippen LogP contribution in [0.2, 0.25) is 5.02 Å². The molecule has 0 saturated carbocycles. The lowest BCUT2D eigenvalue weighted by molar-refractivity contribution is -0.114. The Morgan fingerprint density at radius 2 is 2.00 bits per heavy atom. The van der Waals surface area contributed by atoms with Crippen molar-refractivity contribution in [1.82, 2.24) is 0 Å². The molecule has 3 nitrogen and oxygen atoms in total. The fourth-order valence-corrected chi connectivity index (χ4v) is 2.92. The highest BCUT2D eigenvalue weighted by Gasteiger charge is 2.09. The lowest BCUT2D eigenvalue weighted by Gasteiger charge is -2.18. The van der Waals surface area contributed by atoms with E-state index in [0.29, 0.717) is 5.02 Å². The molecule has 0 aromatic heterocycles. The number of carbonyl (C=O) groups is 1. The molecule has 0 heterocycles. The minimum absolute atomic E-state index is 0.0755. The first-order chi connectivity index (χ1) is 9.95. The van der Waals surface area contributed by atoms with E-state index < -0.39 is 0 Å². The summed E-state index contributed by atoms with van der Waals surface area (Å²) in [7, 11) is 0. The third-order valence-electron chi connectivity index (χ3n) is 3.01. The Bertz CT molecular complexity index is 660. The summed E-state index contributed by atoms with van der Waals surface area (Å²) < 4.78 is 1.10. The van der Waals surface area contributed by atoms with Gasteiger partial charge in [-0.3, -0.25) is 4.79 Å². The lowest BCUT2D eigenvalue weighted by Crippen LogP contribution is -2.09. The highest BCUT2D eigenvalue weighted by molar-refractivity contribution is 14.1. The Kier molecular flexibility index (Phi) is 5.47. The number of hydrogen-bond donors (Lipinski definition) is 2. The zero-order chi connectivity index (χ0) is 15.4. The van der Waals surface area contributed by atoms with Crippen molar-refractivity contribution in [3.8, 4) is 0 Å². The van der Waals surface area contributed by atoms with Crippen LogP contribution >= 0.6 is 34.2 Å². The van der Waals surface area contributed by atoms with Crippen molar-refractivity contribution >= 4 is 51.5 Å². The predicted molar refractivity (Wildman–Crippen MR) is 97.0 cm³/mol. The molecule has 0 aliphatic heterocycles. The van der Waals surface area contributed by atoms with Crippen LogP contribution in [0.5, 0.6) is 0 Å². The summed E-state index contributed by atoms with van der Waals surface area (Å²) in [6.45, 7) is 3.56. The molecule has 110 valence electrons. The van der Waals surface area contributed by atoms with Crippen LogP contribution in [0, 0.1) is 3.57 Å². The average molecular weight is 415 g/mol. The van der Waals surface area contributed by atoms with Crippen molar-refractivity contribution in [3.05, 3.63) is 56.6 Å². The van der Waals surface area contributed by atoms with Gasteiger partial charge in [-0.15, -0.1) is 0 Å². The molecule has 21 heavy (non-hydrogen) atoms. The van der Waals surface area contributed by atoms with Crippen molar-refractivity contribution in [3.63, 3.8) is 0 Å². The largest absolute Gasteiger partial charge is 0.377 e. The maximum atomic E-state index is 11.1. The monoisotopic (exact) mass is 414 g/mol. The van der Waals surface area contributed by atoms with Crippen molar-refractivity contribution in [2.24, 2.45) is 0 Å². The molecule has 0 aliphatic rings. The van der Waals surface area contributed by atoms with E-state index in [1.807, 2.05) is 42.5 Å². The Morgan fingerprint density at radius 3 is 2.67 bits per heavy atom. The molecule has 0 bridgehead atoms. The first-order valence-corrected chi connectivity index (χ1v) is 8.00. The topological polar surface area (TPSA) is 41.1 Å². The van der Waals surface area contributed by atoms with Gasteiger partial charge in [-0.25, -0.2) is 0 Å². The first kappa shape index (κ1) is 16.1. The number of anilines is 2. The van der Waals surface area contributed by atoms with Crippen LogP contribution in [-0.2, 0) is 4.79 Å². The number of carbonyl (C=O) groups excluding carboxylic acids is 1. The highest BCUT2D eigenvalue weighted by Crippen LogP contribution is 2.28. The van der Waals surface area contributed by atoms with Crippen LogP contribution in [0.25, 0.3) is 0 Å². The first-order valence-electron chi connectivity index (χ1n) is 6.55. The summed E-state index contributed by atoms with van der Waals surface area (Å²) in [5.41, 5.74) is 2.77. The molecule has 0 radical (unpaired) electrons. The molecule has 0 aliphatic carbocycles. The number of halogens is 2. The van der Waals surface area contributed by atoms with E-state index >= 15 is 0 Å². The Labute approximate surface area is 143 Å². The molecule has 2 aromatic rings. The number of benzene rings is 2. The fourth-order valence-electron chi connectivity index (χ4n) is 2.01. The number of amides is 1. The maximum absolute atomic E-state index is 11.1. The minimum atomic E-state index is -0.0755. The van der Waals surface area contributed by atoms with Crippen LogP contribution in [0.3, 0.4) is 0 Å². The van der Waals surface area contributed by atoms with Gasteiger partial charge >= 0.3 is 0 Å². The summed E-state index contributed by atoms with van der Waals surface area (Å²) in [5.74, 6) is -0.0755. The van der Waals surface area contributed by atoms with Gasteiger partial charge in [-0.05, 0) is 65.4 Å². The summed E-state index contributed by atoms with van der Waals surface area (Å²) in [4.78, 5) is 11.1. The van der Waals surface area contributed by atoms with E-state index in [4.69, 9.17) is 11.6 Å². The minimum Gasteiger partial charge on any atom is -0.377 e. The SMILES string of the molecule is CC(=O)Nc1cccc(C(C)Nc2ccc(I)cc2Cl)c1. The third kappa shape index (κ3) is 4.61. The van der Waals surface area contributed by atoms with Gasteiger partial charge in [0.1, 0.15) is 0 Å². The molecular formula is C16H16ClIN2O. The quantitative estimate of drug-likeness (QED) is 0.685. The van der Waals surface area contributed by atoms with Gasteiger partial charge < -0.3 is 10.6 Å². The molecule has 0 saturated heterocycles. The number of nitrogens with one attached hydrogen (secondary N) is 2. The molecule has 0 spiro atoms. The smallest absolute Gasteiger partial charge is 0.221 e. The van der Waals surface area contributed by atoms with Crippen molar-refractivity contribution in [1.29, 1.82) is 0 Å². The Hall–Kier alpha value is -1.27. The molecule has 1 atom stereocenters. The Morgan fingerprint density at radius 1 is 1.24 bits per heavy atom. The number of rotatable bonds is 4. The van der Waals surface area contributed by atoms with E-state index in [-0.39, 0.29) is 11.9 Å². The van der Waals surface area contributed by atoms with Gasteiger partial charge in [-0.2, -0.15) is 0 Å². The second-order valence-electron chi connectivity index (χ2n) is 4.80. The van der Waals surface area contributed by atoms with Gasteiger partial charge in [0.25, 0.3) is 0 Å². The van der Waals surface area contributed by atoms with Crippen molar-refractivity contribution < 1.29 is 4.79 Å². The van der Waals surface area contributed by atoms with Crippen LogP contribution in [-0.4, -0.2) is 5.91 Å². The summed E-state index contributed by atoms with van der Waals surface area (Å²) >= 11 is 8.47. The molecule has 5 heteroatoms. The van der Waals surface area contributed by atoms with Crippen molar-refractivity contribution in [2.75, 3.05) is 10.6 Å². The molecular weight excluding hydrogens is 399 g/mol. The highest BCUT2D eigenvalue weighted by atomic mass is 127. The molecule has 2 rings (SSSR count). The third-order valence-corrected chi connectivity index (χ3v) is 3.99. The molecule has 1 amide bonds.